The minimum Gasteiger partial charge on any atom is -0.372 e. The fourth-order valence-electron chi connectivity index (χ4n) is 1.04. The van der Waals surface area contributed by atoms with Gasteiger partial charge in [0.05, 0.1) is 18.2 Å². The zero-order chi connectivity index (χ0) is 7.07. The summed E-state index contributed by atoms with van der Waals surface area (Å²) < 4.78 is 5.37. The summed E-state index contributed by atoms with van der Waals surface area (Å²) in [6.45, 7) is 7.08. The highest BCUT2D eigenvalue weighted by atomic mass is 16.5. The summed E-state index contributed by atoms with van der Waals surface area (Å²) in [6.07, 6.45) is 0. The molecule has 0 bridgehead atoms. The molecule has 1 heterocycles. The average Bonchev–Trinajstić information content (AvgIpc) is 1.82. The van der Waals surface area contributed by atoms with Gasteiger partial charge in [-0.05, 0) is 12.8 Å². The van der Waals surface area contributed by atoms with Crippen LogP contribution >= 0.6 is 0 Å². The molecule has 0 radical (unpaired) electrons. The first-order valence-electron chi connectivity index (χ1n) is 3.47. The van der Waals surface area contributed by atoms with E-state index in [4.69, 9.17) is 10.5 Å². The first-order valence-corrected chi connectivity index (χ1v) is 3.47. The molecule has 0 spiro atoms. The van der Waals surface area contributed by atoms with Crippen molar-refractivity contribution < 1.29 is 4.74 Å². The molecular formula is C7H15NO. The summed E-state index contributed by atoms with van der Waals surface area (Å²) in [6, 6.07) is 0.248. The first-order chi connectivity index (χ1) is 4.07. The van der Waals surface area contributed by atoms with Crippen LogP contribution in [0.1, 0.15) is 20.8 Å². The zero-order valence-corrected chi connectivity index (χ0v) is 6.35. The van der Waals surface area contributed by atoms with E-state index in [-0.39, 0.29) is 11.6 Å². The standard InChI is InChI=1S/C7H15NO/c1-5(2)7(3)6(8)4-9-7/h5-6H,4,8H2,1-3H3. The maximum atomic E-state index is 5.73. The fraction of sp³-hybridized carbons (Fsp3) is 1.00. The van der Waals surface area contributed by atoms with Gasteiger partial charge in [-0.1, -0.05) is 13.8 Å². The van der Waals surface area contributed by atoms with Crippen molar-refractivity contribution in [1.82, 2.24) is 0 Å². The summed E-state index contributed by atoms with van der Waals surface area (Å²) in [5.74, 6) is 0.529. The second-order valence-corrected chi connectivity index (χ2v) is 3.26. The van der Waals surface area contributed by atoms with E-state index < -0.39 is 0 Å². The summed E-state index contributed by atoms with van der Waals surface area (Å²) >= 11 is 0. The van der Waals surface area contributed by atoms with E-state index in [1.165, 1.54) is 0 Å². The minimum atomic E-state index is -0.0417. The van der Waals surface area contributed by atoms with Crippen LogP contribution in [0.15, 0.2) is 0 Å². The summed E-state index contributed by atoms with van der Waals surface area (Å²) in [5.41, 5.74) is 5.69. The van der Waals surface area contributed by atoms with E-state index in [1.54, 1.807) is 0 Å². The Bertz CT molecular complexity index is 107. The highest BCUT2D eigenvalue weighted by Gasteiger charge is 2.44. The lowest BCUT2D eigenvalue weighted by atomic mass is 9.81. The number of hydrogen-bond donors (Lipinski definition) is 1. The summed E-state index contributed by atoms with van der Waals surface area (Å²) in [4.78, 5) is 0. The smallest absolute Gasteiger partial charge is 0.0850 e. The third kappa shape index (κ3) is 0.864. The van der Waals surface area contributed by atoms with Crippen LogP contribution in [-0.4, -0.2) is 18.2 Å². The van der Waals surface area contributed by atoms with Crippen LogP contribution in [0.5, 0.6) is 0 Å². The van der Waals surface area contributed by atoms with Crippen molar-refractivity contribution in [2.75, 3.05) is 6.61 Å². The Labute approximate surface area is 56.4 Å². The molecule has 2 atom stereocenters. The Morgan fingerprint density at radius 1 is 1.67 bits per heavy atom. The lowest BCUT2D eigenvalue weighted by Crippen LogP contribution is -2.63. The van der Waals surface area contributed by atoms with E-state index in [0.717, 1.165) is 6.61 Å². The van der Waals surface area contributed by atoms with Crippen molar-refractivity contribution in [3.8, 4) is 0 Å². The van der Waals surface area contributed by atoms with Gasteiger partial charge in [-0.25, -0.2) is 0 Å². The molecule has 2 heteroatoms. The SMILES string of the molecule is CC(C)C1(C)OCC1N. The Kier molecular flexibility index (Phi) is 1.53. The van der Waals surface area contributed by atoms with Crippen LogP contribution in [0.2, 0.25) is 0 Å². The van der Waals surface area contributed by atoms with E-state index in [2.05, 4.69) is 20.8 Å². The molecule has 2 unspecified atom stereocenters. The Hall–Kier alpha value is -0.0800. The van der Waals surface area contributed by atoms with Gasteiger partial charge in [0.15, 0.2) is 0 Å². The van der Waals surface area contributed by atoms with Crippen LogP contribution < -0.4 is 5.73 Å². The van der Waals surface area contributed by atoms with Crippen molar-refractivity contribution >= 4 is 0 Å². The number of rotatable bonds is 1. The van der Waals surface area contributed by atoms with E-state index in [9.17, 15) is 0 Å². The molecule has 0 aromatic heterocycles. The molecule has 0 saturated carbocycles. The molecule has 0 aliphatic carbocycles. The predicted octanol–water partition coefficient (Wildman–Crippen LogP) is 0.759. The molecule has 2 nitrogen and oxygen atoms in total. The molecule has 2 N–H and O–H groups in total. The second kappa shape index (κ2) is 1.96. The summed E-state index contributed by atoms with van der Waals surface area (Å²) in [7, 11) is 0. The predicted molar refractivity (Wildman–Crippen MR) is 37.2 cm³/mol. The molecule has 1 saturated heterocycles. The highest BCUT2D eigenvalue weighted by molar-refractivity contribution is 4.97. The number of hydrogen-bond acceptors (Lipinski definition) is 2. The minimum absolute atomic E-state index is 0.0417. The third-order valence-corrected chi connectivity index (χ3v) is 2.46. The summed E-state index contributed by atoms with van der Waals surface area (Å²) in [5, 5.41) is 0. The third-order valence-electron chi connectivity index (χ3n) is 2.46. The van der Waals surface area contributed by atoms with Crippen molar-refractivity contribution in [3.05, 3.63) is 0 Å². The van der Waals surface area contributed by atoms with Crippen LogP contribution in [0.4, 0.5) is 0 Å². The quantitative estimate of drug-likeness (QED) is 0.567. The van der Waals surface area contributed by atoms with Crippen LogP contribution in [0.25, 0.3) is 0 Å². The molecule has 1 aliphatic rings. The largest absolute Gasteiger partial charge is 0.372 e. The lowest BCUT2D eigenvalue weighted by Gasteiger charge is -2.47. The van der Waals surface area contributed by atoms with Gasteiger partial charge in [-0.15, -0.1) is 0 Å². The fourth-order valence-corrected chi connectivity index (χ4v) is 1.04. The topological polar surface area (TPSA) is 35.2 Å². The van der Waals surface area contributed by atoms with Crippen molar-refractivity contribution in [2.24, 2.45) is 11.7 Å². The molecular weight excluding hydrogens is 114 g/mol. The Morgan fingerprint density at radius 2 is 2.22 bits per heavy atom. The molecule has 54 valence electrons. The molecule has 0 amide bonds. The Balaban J connectivity index is 2.53. The van der Waals surface area contributed by atoms with Gasteiger partial charge < -0.3 is 10.5 Å². The highest BCUT2D eigenvalue weighted by Crippen LogP contribution is 2.32. The van der Waals surface area contributed by atoms with Crippen LogP contribution in [-0.2, 0) is 4.74 Å². The van der Waals surface area contributed by atoms with Gasteiger partial charge >= 0.3 is 0 Å². The molecule has 9 heavy (non-hydrogen) atoms. The van der Waals surface area contributed by atoms with Crippen molar-refractivity contribution in [1.29, 1.82) is 0 Å². The number of nitrogens with two attached hydrogens (primary N) is 1. The van der Waals surface area contributed by atoms with Crippen molar-refractivity contribution in [3.63, 3.8) is 0 Å². The molecule has 1 fully saturated rings. The monoisotopic (exact) mass is 129 g/mol. The van der Waals surface area contributed by atoms with Crippen LogP contribution in [0, 0.1) is 5.92 Å². The maximum absolute atomic E-state index is 5.73. The maximum Gasteiger partial charge on any atom is 0.0850 e. The van der Waals surface area contributed by atoms with Gasteiger partial charge in [-0.3, -0.25) is 0 Å². The molecule has 1 rings (SSSR count). The van der Waals surface area contributed by atoms with E-state index in [1.807, 2.05) is 0 Å². The van der Waals surface area contributed by atoms with Gasteiger partial charge in [0.2, 0.25) is 0 Å². The lowest BCUT2D eigenvalue weighted by molar-refractivity contribution is -0.179. The van der Waals surface area contributed by atoms with Gasteiger partial charge in [0.25, 0.3) is 0 Å². The second-order valence-electron chi connectivity index (χ2n) is 3.26. The first kappa shape index (κ1) is 7.03. The Morgan fingerprint density at radius 3 is 2.22 bits per heavy atom. The van der Waals surface area contributed by atoms with E-state index in [0.29, 0.717) is 5.92 Å². The van der Waals surface area contributed by atoms with Crippen LogP contribution in [0.3, 0.4) is 0 Å². The van der Waals surface area contributed by atoms with Gasteiger partial charge in [-0.2, -0.15) is 0 Å². The normalized spacial score (nSPS) is 43.0. The molecule has 0 aromatic carbocycles. The average molecular weight is 129 g/mol. The van der Waals surface area contributed by atoms with Gasteiger partial charge in [0.1, 0.15) is 0 Å². The zero-order valence-electron chi connectivity index (χ0n) is 6.35. The molecule has 1 aliphatic heterocycles. The van der Waals surface area contributed by atoms with Crippen molar-refractivity contribution in [2.45, 2.75) is 32.4 Å². The number of ether oxygens (including phenoxy) is 1. The van der Waals surface area contributed by atoms with E-state index >= 15 is 0 Å². The molecule has 0 aromatic rings. The van der Waals surface area contributed by atoms with Gasteiger partial charge in [0, 0.05) is 0 Å².